The van der Waals surface area contributed by atoms with Crippen LogP contribution in [-0.4, -0.2) is 26.3 Å². The third kappa shape index (κ3) is 5.65. The standard InChI is InChI=1S/C17H18BrN3O4S/c1-11(21-17(23)13-4-6-14(18)7-5-13)16(22)20-10-12-2-8-15(9-3-12)26(19,24)25/h2-9,11H,10H2,1H3,(H,20,22)(H,21,23)(H2,19,24,25)/t11-/m1/s1. The van der Waals surface area contributed by atoms with Crippen LogP contribution in [0.25, 0.3) is 0 Å². The third-order valence-electron chi connectivity index (χ3n) is 3.57. The molecule has 0 saturated heterocycles. The van der Waals surface area contributed by atoms with E-state index in [9.17, 15) is 18.0 Å². The summed E-state index contributed by atoms with van der Waals surface area (Å²) in [5.74, 6) is -0.705. The fourth-order valence-electron chi connectivity index (χ4n) is 2.09. The number of hydrogen-bond donors (Lipinski definition) is 3. The minimum absolute atomic E-state index is 0.00251. The Kier molecular flexibility index (Phi) is 6.52. The van der Waals surface area contributed by atoms with Crippen molar-refractivity contribution in [2.24, 2.45) is 5.14 Å². The number of nitrogens with one attached hydrogen (secondary N) is 2. The monoisotopic (exact) mass is 439 g/mol. The Morgan fingerprint density at radius 2 is 1.65 bits per heavy atom. The number of sulfonamides is 1. The van der Waals surface area contributed by atoms with Gasteiger partial charge in [-0.05, 0) is 48.9 Å². The number of primary sulfonamides is 1. The molecule has 2 aromatic rings. The SMILES string of the molecule is C[C@@H](NC(=O)c1ccc(Br)cc1)C(=O)NCc1ccc(S(N)(=O)=O)cc1. The Morgan fingerprint density at radius 1 is 1.08 bits per heavy atom. The first-order valence-corrected chi connectivity index (χ1v) is 9.96. The lowest BCUT2D eigenvalue weighted by atomic mass is 10.2. The zero-order valence-corrected chi connectivity index (χ0v) is 16.3. The Labute approximate surface area is 160 Å². The van der Waals surface area contributed by atoms with E-state index >= 15 is 0 Å². The predicted molar refractivity (Wildman–Crippen MR) is 101 cm³/mol. The zero-order chi connectivity index (χ0) is 19.3. The van der Waals surface area contributed by atoms with E-state index in [1.54, 1.807) is 43.3 Å². The molecule has 1 atom stereocenters. The van der Waals surface area contributed by atoms with Crippen LogP contribution in [0.5, 0.6) is 0 Å². The fraction of sp³-hybridized carbons (Fsp3) is 0.176. The maximum Gasteiger partial charge on any atom is 0.251 e. The van der Waals surface area contributed by atoms with E-state index in [0.29, 0.717) is 11.1 Å². The summed E-state index contributed by atoms with van der Waals surface area (Å²) in [6.07, 6.45) is 0. The van der Waals surface area contributed by atoms with Gasteiger partial charge < -0.3 is 10.6 Å². The highest BCUT2D eigenvalue weighted by molar-refractivity contribution is 9.10. The molecular weight excluding hydrogens is 422 g/mol. The van der Waals surface area contributed by atoms with Gasteiger partial charge in [0.2, 0.25) is 15.9 Å². The van der Waals surface area contributed by atoms with Gasteiger partial charge in [0.05, 0.1) is 4.90 Å². The average molecular weight is 440 g/mol. The van der Waals surface area contributed by atoms with Crippen LogP contribution in [0.15, 0.2) is 57.9 Å². The maximum absolute atomic E-state index is 12.1. The van der Waals surface area contributed by atoms with Crippen molar-refractivity contribution in [3.05, 3.63) is 64.1 Å². The van der Waals surface area contributed by atoms with Gasteiger partial charge in [0.1, 0.15) is 6.04 Å². The molecule has 9 heteroatoms. The molecule has 0 radical (unpaired) electrons. The second kappa shape index (κ2) is 8.43. The highest BCUT2D eigenvalue weighted by Crippen LogP contribution is 2.11. The predicted octanol–water partition coefficient (Wildman–Crippen LogP) is 1.53. The summed E-state index contributed by atoms with van der Waals surface area (Å²) < 4.78 is 23.3. The van der Waals surface area contributed by atoms with E-state index in [0.717, 1.165) is 4.47 Å². The second-order valence-electron chi connectivity index (χ2n) is 5.61. The van der Waals surface area contributed by atoms with E-state index in [4.69, 9.17) is 5.14 Å². The number of carbonyl (C=O) groups excluding carboxylic acids is 2. The van der Waals surface area contributed by atoms with Gasteiger partial charge in [-0.2, -0.15) is 0 Å². The van der Waals surface area contributed by atoms with Crippen LogP contribution in [0.2, 0.25) is 0 Å². The molecule has 0 heterocycles. The van der Waals surface area contributed by atoms with Gasteiger partial charge in [0.25, 0.3) is 5.91 Å². The quantitative estimate of drug-likeness (QED) is 0.631. The van der Waals surface area contributed by atoms with Crippen molar-refractivity contribution in [1.29, 1.82) is 0 Å². The lowest BCUT2D eigenvalue weighted by molar-refractivity contribution is -0.122. The van der Waals surface area contributed by atoms with Crippen molar-refractivity contribution in [2.75, 3.05) is 0 Å². The number of carbonyl (C=O) groups is 2. The maximum atomic E-state index is 12.1. The zero-order valence-electron chi connectivity index (χ0n) is 13.9. The van der Waals surface area contributed by atoms with E-state index in [-0.39, 0.29) is 23.3 Å². The van der Waals surface area contributed by atoms with Crippen molar-refractivity contribution < 1.29 is 18.0 Å². The fourth-order valence-corrected chi connectivity index (χ4v) is 2.87. The number of benzene rings is 2. The number of rotatable bonds is 6. The minimum atomic E-state index is -3.74. The van der Waals surface area contributed by atoms with E-state index in [1.165, 1.54) is 12.1 Å². The molecule has 4 N–H and O–H groups in total. The Bertz CT molecular complexity index is 897. The number of nitrogens with two attached hydrogens (primary N) is 1. The summed E-state index contributed by atoms with van der Waals surface area (Å²) in [6.45, 7) is 1.78. The number of halogens is 1. The molecule has 7 nitrogen and oxygen atoms in total. The van der Waals surface area contributed by atoms with Crippen LogP contribution in [0, 0.1) is 0 Å². The molecule has 2 aromatic carbocycles. The van der Waals surface area contributed by atoms with Crippen molar-refractivity contribution >= 4 is 37.8 Å². The van der Waals surface area contributed by atoms with Gasteiger partial charge in [0, 0.05) is 16.6 Å². The van der Waals surface area contributed by atoms with E-state index in [1.807, 2.05) is 0 Å². The summed E-state index contributed by atoms with van der Waals surface area (Å²) in [7, 11) is -3.74. The average Bonchev–Trinajstić information content (AvgIpc) is 2.59. The smallest absolute Gasteiger partial charge is 0.251 e. The molecule has 138 valence electrons. The summed E-state index contributed by atoms with van der Waals surface area (Å²) in [5, 5.41) is 10.3. The Morgan fingerprint density at radius 3 is 2.19 bits per heavy atom. The molecule has 2 amide bonds. The first-order valence-electron chi connectivity index (χ1n) is 7.62. The molecule has 0 aliphatic heterocycles. The van der Waals surface area contributed by atoms with Gasteiger partial charge in [-0.3, -0.25) is 9.59 Å². The van der Waals surface area contributed by atoms with Crippen molar-refractivity contribution in [1.82, 2.24) is 10.6 Å². The van der Waals surface area contributed by atoms with Crippen LogP contribution in [0.3, 0.4) is 0 Å². The molecule has 0 aromatic heterocycles. The van der Waals surface area contributed by atoms with Crippen LogP contribution >= 0.6 is 15.9 Å². The number of hydrogen-bond acceptors (Lipinski definition) is 4. The van der Waals surface area contributed by atoms with E-state index in [2.05, 4.69) is 26.6 Å². The minimum Gasteiger partial charge on any atom is -0.350 e. The summed E-state index contributed by atoms with van der Waals surface area (Å²) in [5.41, 5.74) is 1.16. The Hall–Kier alpha value is -2.23. The largest absolute Gasteiger partial charge is 0.350 e. The molecule has 0 aliphatic rings. The highest BCUT2D eigenvalue weighted by Gasteiger charge is 2.16. The van der Waals surface area contributed by atoms with Crippen molar-refractivity contribution in [3.8, 4) is 0 Å². The lowest BCUT2D eigenvalue weighted by Gasteiger charge is -2.14. The second-order valence-corrected chi connectivity index (χ2v) is 8.09. The van der Waals surface area contributed by atoms with Crippen LogP contribution in [0.4, 0.5) is 0 Å². The van der Waals surface area contributed by atoms with Gasteiger partial charge in [0.15, 0.2) is 0 Å². The van der Waals surface area contributed by atoms with Gasteiger partial charge >= 0.3 is 0 Å². The van der Waals surface area contributed by atoms with Gasteiger partial charge in [-0.1, -0.05) is 28.1 Å². The van der Waals surface area contributed by atoms with E-state index < -0.39 is 16.1 Å². The molecule has 0 fully saturated rings. The molecule has 0 aliphatic carbocycles. The molecule has 0 spiro atoms. The summed E-state index contributed by atoms with van der Waals surface area (Å²) >= 11 is 3.29. The molecule has 0 unspecified atom stereocenters. The normalized spacial score (nSPS) is 12.3. The van der Waals surface area contributed by atoms with Crippen LogP contribution < -0.4 is 15.8 Å². The highest BCUT2D eigenvalue weighted by atomic mass is 79.9. The van der Waals surface area contributed by atoms with Crippen molar-refractivity contribution in [2.45, 2.75) is 24.4 Å². The lowest BCUT2D eigenvalue weighted by Crippen LogP contribution is -2.44. The van der Waals surface area contributed by atoms with Gasteiger partial charge in [-0.15, -0.1) is 0 Å². The first kappa shape index (κ1) is 20.1. The molecule has 26 heavy (non-hydrogen) atoms. The molecule has 0 saturated carbocycles. The Balaban J connectivity index is 1.88. The van der Waals surface area contributed by atoms with Gasteiger partial charge in [-0.25, -0.2) is 13.6 Å². The molecule has 0 bridgehead atoms. The van der Waals surface area contributed by atoms with Crippen molar-refractivity contribution in [3.63, 3.8) is 0 Å². The molecular formula is C17H18BrN3O4S. The summed E-state index contributed by atoms with van der Waals surface area (Å²) in [6, 6.07) is 11.9. The number of amides is 2. The van der Waals surface area contributed by atoms with Crippen LogP contribution in [0.1, 0.15) is 22.8 Å². The molecule has 2 rings (SSSR count). The third-order valence-corrected chi connectivity index (χ3v) is 5.02. The first-order chi connectivity index (χ1) is 12.2. The van der Waals surface area contributed by atoms with Crippen LogP contribution in [-0.2, 0) is 21.4 Å². The topological polar surface area (TPSA) is 118 Å². The summed E-state index contributed by atoms with van der Waals surface area (Å²) in [4.78, 5) is 24.2.